The topological polar surface area (TPSA) is 21.3 Å². The molecule has 10 aromatic carbocycles. The van der Waals surface area contributed by atoms with Crippen molar-refractivity contribution in [1.29, 1.82) is 0 Å². The number of furan rings is 1. The molecule has 0 spiro atoms. The first kappa shape index (κ1) is 39.7. The Kier molecular flexibility index (Phi) is 8.38. The molecule has 69 heavy (non-hydrogen) atoms. The molecule has 2 aromatic heterocycles. The predicted molar refractivity (Wildman–Crippen MR) is 289 cm³/mol. The Morgan fingerprint density at radius 3 is 1.72 bits per heavy atom. The van der Waals surface area contributed by atoms with Gasteiger partial charge in [-0.2, -0.15) is 0 Å². The van der Waals surface area contributed by atoms with E-state index in [9.17, 15) is 0 Å². The molecule has 0 aliphatic heterocycles. The number of fused-ring (bicyclic) bond motifs is 12. The second-order valence-electron chi connectivity index (χ2n) is 20.1. The molecule has 0 fully saturated rings. The van der Waals surface area contributed by atoms with Gasteiger partial charge in [0.2, 0.25) is 0 Å². The Labute approximate surface area is 402 Å². The molecular formula is C66H48N2O. The molecule has 14 rings (SSSR count). The van der Waals surface area contributed by atoms with Gasteiger partial charge in [0.15, 0.2) is 0 Å². The van der Waals surface area contributed by atoms with Crippen LogP contribution in [-0.2, 0) is 10.8 Å². The van der Waals surface area contributed by atoms with E-state index in [0.29, 0.717) is 0 Å². The third-order valence-corrected chi connectivity index (χ3v) is 15.6. The number of hydrogen-bond acceptors (Lipinski definition) is 2. The van der Waals surface area contributed by atoms with Gasteiger partial charge in [0.25, 0.3) is 0 Å². The van der Waals surface area contributed by atoms with Crippen LogP contribution in [0.4, 0.5) is 17.1 Å². The fraction of sp³-hybridized carbons (Fsp3) is 0.0909. The molecule has 3 nitrogen and oxygen atoms in total. The average Bonchev–Trinajstić information content (AvgIpc) is 4.07. The summed E-state index contributed by atoms with van der Waals surface area (Å²) in [5, 5.41) is 4.81. The Morgan fingerprint density at radius 1 is 0.377 bits per heavy atom. The van der Waals surface area contributed by atoms with E-state index in [1.54, 1.807) is 0 Å². The van der Waals surface area contributed by atoms with Gasteiger partial charge in [0.1, 0.15) is 11.2 Å². The van der Waals surface area contributed by atoms with E-state index in [1.165, 1.54) is 94.4 Å². The second-order valence-corrected chi connectivity index (χ2v) is 20.1. The van der Waals surface area contributed by atoms with Crippen LogP contribution >= 0.6 is 0 Å². The molecule has 0 radical (unpaired) electrons. The minimum atomic E-state index is -0.203. The molecule has 0 unspecified atom stereocenters. The Balaban J connectivity index is 0.912. The first-order valence-corrected chi connectivity index (χ1v) is 24.2. The van der Waals surface area contributed by atoms with E-state index in [2.05, 4.69) is 249 Å². The van der Waals surface area contributed by atoms with Crippen molar-refractivity contribution in [2.45, 2.75) is 38.5 Å². The van der Waals surface area contributed by atoms with E-state index < -0.39 is 0 Å². The number of hydrogen-bond donors (Lipinski definition) is 0. The summed E-state index contributed by atoms with van der Waals surface area (Å²) in [6.45, 7) is 9.49. The number of aromatic nitrogens is 1. The molecule has 0 amide bonds. The standard InChI is InChI=1S/C66H48N2O/c1-65(2)55-23-11-9-19-49(55)52-39-54-53-38-43(32-37-58(53)68(60(54)40-57(52)65)44-16-6-5-7-17-44)41-28-33-45(34-29-41)67(59-25-14-22-50-48-18-8-12-24-56(48)66(3,4)64(50)59)46-35-30-42(31-36-46)47-21-15-27-62-63(47)51-20-10-13-26-61(51)69-62/h5-40H,1-4H3. The lowest BCUT2D eigenvalue weighted by Crippen LogP contribution is -2.20. The fourth-order valence-corrected chi connectivity index (χ4v) is 12.3. The fourth-order valence-electron chi connectivity index (χ4n) is 12.3. The molecule has 3 heteroatoms. The number of rotatable bonds is 6. The van der Waals surface area contributed by atoms with E-state index in [-0.39, 0.29) is 10.8 Å². The van der Waals surface area contributed by atoms with E-state index in [4.69, 9.17) is 4.42 Å². The maximum atomic E-state index is 6.31. The van der Waals surface area contributed by atoms with Crippen LogP contribution in [0.25, 0.3) is 93.9 Å². The highest BCUT2D eigenvalue weighted by molar-refractivity contribution is 6.14. The minimum Gasteiger partial charge on any atom is -0.456 e. The SMILES string of the molecule is CC1(C)c2ccccc2-c2cc3c4cc(-c5ccc(N(c6ccc(-c7cccc8oc9ccccc9c78)cc6)c6cccc7c6C(C)(C)c6ccccc6-7)cc5)ccc4n(-c4ccccc4)c3cc21. The van der Waals surface area contributed by atoms with Crippen LogP contribution < -0.4 is 4.90 Å². The summed E-state index contributed by atoms with van der Waals surface area (Å²) in [5.74, 6) is 0. The maximum absolute atomic E-state index is 6.31. The van der Waals surface area contributed by atoms with Crippen molar-refractivity contribution in [3.8, 4) is 50.2 Å². The van der Waals surface area contributed by atoms with Crippen LogP contribution in [-0.4, -0.2) is 4.57 Å². The monoisotopic (exact) mass is 884 g/mol. The molecule has 2 aliphatic rings. The van der Waals surface area contributed by atoms with Crippen molar-refractivity contribution in [2.24, 2.45) is 0 Å². The lowest BCUT2D eigenvalue weighted by molar-refractivity contribution is 0.660. The number of nitrogens with zero attached hydrogens (tertiary/aromatic N) is 2. The van der Waals surface area contributed by atoms with Gasteiger partial charge >= 0.3 is 0 Å². The summed E-state index contributed by atoms with van der Waals surface area (Å²) in [6, 6.07) is 80.5. The third-order valence-electron chi connectivity index (χ3n) is 15.6. The van der Waals surface area contributed by atoms with Crippen LogP contribution in [0, 0.1) is 0 Å². The summed E-state index contributed by atoms with van der Waals surface area (Å²) >= 11 is 0. The minimum absolute atomic E-state index is 0.0925. The first-order chi connectivity index (χ1) is 33.7. The van der Waals surface area contributed by atoms with Crippen molar-refractivity contribution in [2.75, 3.05) is 4.90 Å². The Morgan fingerprint density at radius 2 is 0.957 bits per heavy atom. The lowest BCUT2D eigenvalue weighted by Gasteiger charge is -2.32. The van der Waals surface area contributed by atoms with Gasteiger partial charge in [-0.25, -0.2) is 0 Å². The molecule has 0 N–H and O–H groups in total. The van der Waals surface area contributed by atoms with E-state index in [1.807, 2.05) is 6.07 Å². The van der Waals surface area contributed by atoms with Crippen molar-refractivity contribution >= 4 is 60.8 Å². The maximum Gasteiger partial charge on any atom is 0.136 e. The zero-order chi connectivity index (χ0) is 46.2. The highest BCUT2D eigenvalue weighted by Gasteiger charge is 2.39. The molecule has 0 bridgehead atoms. The Hall–Kier alpha value is -8.40. The van der Waals surface area contributed by atoms with Gasteiger partial charge in [-0.3, -0.25) is 0 Å². The Bertz CT molecular complexity index is 4050. The molecular weight excluding hydrogens is 837 g/mol. The van der Waals surface area contributed by atoms with E-state index in [0.717, 1.165) is 38.9 Å². The van der Waals surface area contributed by atoms with Gasteiger partial charge in [0.05, 0.1) is 16.7 Å². The number of para-hydroxylation sites is 2. The van der Waals surface area contributed by atoms with Crippen molar-refractivity contribution in [3.05, 3.63) is 241 Å². The van der Waals surface area contributed by atoms with Gasteiger partial charge in [-0.05, 0) is 146 Å². The lowest BCUT2D eigenvalue weighted by atomic mass is 9.81. The van der Waals surface area contributed by atoms with Crippen LogP contribution in [0.1, 0.15) is 49.9 Å². The van der Waals surface area contributed by atoms with Crippen LogP contribution in [0.15, 0.2) is 223 Å². The molecule has 2 aliphatic carbocycles. The van der Waals surface area contributed by atoms with E-state index >= 15 is 0 Å². The molecule has 0 atom stereocenters. The third kappa shape index (κ3) is 5.74. The van der Waals surface area contributed by atoms with Gasteiger partial charge < -0.3 is 13.9 Å². The second kappa shape index (κ2) is 14.6. The summed E-state index contributed by atoms with van der Waals surface area (Å²) < 4.78 is 8.76. The molecule has 12 aromatic rings. The normalized spacial score (nSPS) is 14.0. The van der Waals surface area contributed by atoms with Crippen LogP contribution in [0.5, 0.6) is 0 Å². The first-order valence-electron chi connectivity index (χ1n) is 24.2. The average molecular weight is 885 g/mol. The smallest absolute Gasteiger partial charge is 0.136 e. The predicted octanol–water partition coefficient (Wildman–Crippen LogP) is 18.1. The summed E-state index contributed by atoms with van der Waals surface area (Å²) in [4.78, 5) is 2.46. The van der Waals surface area contributed by atoms with Crippen molar-refractivity contribution in [1.82, 2.24) is 4.57 Å². The summed E-state index contributed by atoms with van der Waals surface area (Å²) in [7, 11) is 0. The van der Waals surface area contributed by atoms with Gasteiger partial charge in [-0.15, -0.1) is 0 Å². The molecule has 0 saturated heterocycles. The number of anilines is 3. The van der Waals surface area contributed by atoms with Crippen molar-refractivity contribution in [3.63, 3.8) is 0 Å². The largest absolute Gasteiger partial charge is 0.456 e. The molecule has 2 heterocycles. The summed E-state index contributed by atoms with van der Waals surface area (Å²) in [5.41, 5.74) is 24.0. The quantitative estimate of drug-likeness (QED) is 0.166. The van der Waals surface area contributed by atoms with Gasteiger partial charge in [0, 0.05) is 49.4 Å². The van der Waals surface area contributed by atoms with Crippen molar-refractivity contribution < 1.29 is 4.42 Å². The highest BCUT2D eigenvalue weighted by atomic mass is 16.3. The highest BCUT2D eigenvalue weighted by Crippen LogP contribution is 2.55. The zero-order valence-corrected chi connectivity index (χ0v) is 39.1. The van der Waals surface area contributed by atoms with Crippen LogP contribution in [0.2, 0.25) is 0 Å². The number of benzene rings is 10. The molecule has 328 valence electrons. The summed E-state index contributed by atoms with van der Waals surface area (Å²) in [6.07, 6.45) is 0. The zero-order valence-electron chi connectivity index (χ0n) is 39.1. The molecule has 0 saturated carbocycles. The van der Waals surface area contributed by atoms with Gasteiger partial charge in [-0.1, -0.05) is 167 Å². The van der Waals surface area contributed by atoms with Crippen LogP contribution in [0.3, 0.4) is 0 Å².